The Balaban J connectivity index is 1.93. The molecule has 0 saturated carbocycles. The van der Waals surface area contributed by atoms with E-state index in [1.807, 2.05) is 24.3 Å². The molecule has 2 aromatic carbocycles. The van der Waals surface area contributed by atoms with Gasteiger partial charge in [0.25, 0.3) is 0 Å². The first-order valence-corrected chi connectivity index (χ1v) is 8.81. The Morgan fingerprint density at radius 3 is 2.35 bits per heavy atom. The van der Waals surface area contributed by atoms with E-state index in [0.717, 1.165) is 5.56 Å². The van der Waals surface area contributed by atoms with Crippen molar-refractivity contribution in [3.8, 4) is 0 Å². The Kier molecular flexibility index (Phi) is 6.51. The van der Waals surface area contributed by atoms with Crippen LogP contribution in [-0.4, -0.2) is 18.5 Å². The number of hydrogen-bond acceptors (Lipinski definition) is 2. The molecule has 26 heavy (non-hydrogen) atoms. The molecular formula is C19H21Cl2N3O2. The predicted molar refractivity (Wildman–Crippen MR) is 107 cm³/mol. The Bertz CT molecular complexity index is 817. The zero-order valence-electron chi connectivity index (χ0n) is 14.8. The number of carbonyl (C=O) groups is 2. The van der Waals surface area contributed by atoms with E-state index >= 15 is 0 Å². The third kappa shape index (κ3) is 5.64. The maximum absolute atomic E-state index is 12.1. The van der Waals surface area contributed by atoms with Crippen molar-refractivity contribution in [1.82, 2.24) is 5.32 Å². The van der Waals surface area contributed by atoms with E-state index in [1.54, 1.807) is 18.2 Å². The van der Waals surface area contributed by atoms with E-state index in [1.165, 1.54) is 0 Å². The summed E-state index contributed by atoms with van der Waals surface area (Å²) in [5.41, 5.74) is 1.98. The Morgan fingerprint density at radius 1 is 0.962 bits per heavy atom. The first-order chi connectivity index (χ1) is 12.2. The SMILES string of the molecule is CC(C)(C)c1ccccc1NC(=O)NCC(=O)Nc1cc(Cl)ccc1Cl. The fourth-order valence-electron chi connectivity index (χ4n) is 2.36. The molecule has 7 heteroatoms. The molecule has 138 valence electrons. The Labute approximate surface area is 163 Å². The molecule has 0 heterocycles. The molecule has 0 unspecified atom stereocenters. The van der Waals surface area contributed by atoms with Crippen LogP contribution in [0.3, 0.4) is 0 Å². The van der Waals surface area contributed by atoms with Crippen LogP contribution in [0.15, 0.2) is 42.5 Å². The van der Waals surface area contributed by atoms with Gasteiger partial charge in [-0.25, -0.2) is 4.79 Å². The molecule has 0 aromatic heterocycles. The second-order valence-corrected chi connectivity index (χ2v) is 7.62. The van der Waals surface area contributed by atoms with Crippen LogP contribution < -0.4 is 16.0 Å². The number of para-hydroxylation sites is 1. The maximum Gasteiger partial charge on any atom is 0.319 e. The van der Waals surface area contributed by atoms with Gasteiger partial charge < -0.3 is 16.0 Å². The average molecular weight is 394 g/mol. The number of hydrogen-bond donors (Lipinski definition) is 3. The van der Waals surface area contributed by atoms with Crippen LogP contribution >= 0.6 is 23.2 Å². The van der Waals surface area contributed by atoms with Gasteiger partial charge in [-0.1, -0.05) is 62.2 Å². The van der Waals surface area contributed by atoms with Crippen molar-refractivity contribution in [2.45, 2.75) is 26.2 Å². The zero-order chi connectivity index (χ0) is 19.3. The van der Waals surface area contributed by atoms with Crippen molar-refractivity contribution in [3.05, 3.63) is 58.1 Å². The smallest absolute Gasteiger partial charge is 0.319 e. The quantitative estimate of drug-likeness (QED) is 0.679. The molecule has 0 aliphatic rings. The number of halogens is 2. The third-order valence-corrected chi connectivity index (χ3v) is 4.16. The minimum atomic E-state index is -0.464. The summed E-state index contributed by atoms with van der Waals surface area (Å²) >= 11 is 11.9. The molecule has 0 fully saturated rings. The van der Waals surface area contributed by atoms with Crippen molar-refractivity contribution in [2.24, 2.45) is 0 Å². The lowest BCUT2D eigenvalue weighted by molar-refractivity contribution is -0.115. The molecule has 2 aromatic rings. The molecule has 0 aliphatic heterocycles. The third-order valence-electron chi connectivity index (χ3n) is 3.60. The fourth-order valence-corrected chi connectivity index (χ4v) is 2.70. The van der Waals surface area contributed by atoms with Crippen LogP contribution in [0.4, 0.5) is 16.2 Å². The Hall–Kier alpha value is -2.24. The minimum absolute atomic E-state index is 0.120. The number of benzene rings is 2. The van der Waals surface area contributed by atoms with Gasteiger partial charge in [0.15, 0.2) is 0 Å². The van der Waals surface area contributed by atoms with Crippen molar-refractivity contribution >= 4 is 46.5 Å². The second kappa shape index (κ2) is 8.43. The molecule has 0 radical (unpaired) electrons. The number of amides is 3. The molecule has 3 N–H and O–H groups in total. The van der Waals surface area contributed by atoms with Gasteiger partial charge in [-0.2, -0.15) is 0 Å². The summed E-state index contributed by atoms with van der Waals surface area (Å²) in [6, 6.07) is 11.8. The van der Waals surface area contributed by atoms with E-state index < -0.39 is 11.9 Å². The van der Waals surface area contributed by atoms with E-state index in [0.29, 0.717) is 21.4 Å². The molecule has 0 bridgehead atoms. The molecule has 0 aliphatic carbocycles. The van der Waals surface area contributed by atoms with Crippen LogP contribution in [0, 0.1) is 0 Å². The molecule has 0 atom stereocenters. The summed E-state index contributed by atoms with van der Waals surface area (Å²) in [6.07, 6.45) is 0. The van der Waals surface area contributed by atoms with Crippen LogP contribution in [-0.2, 0) is 10.2 Å². The first kappa shape index (κ1) is 20.1. The molecular weight excluding hydrogens is 373 g/mol. The molecule has 5 nitrogen and oxygen atoms in total. The zero-order valence-corrected chi connectivity index (χ0v) is 16.3. The second-order valence-electron chi connectivity index (χ2n) is 6.78. The number of urea groups is 1. The topological polar surface area (TPSA) is 70.2 Å². The summed E-state index contributed by atoms with van der Waals surface area (Å²) in [4.78, 5) is 24.1. The number of rotatable bonds is 4. The normalized spacial score (nSPS) is 11.0. The monoisotopic (exact) mass is 393 g/mol. The highest BCUT2D eigenvalue weighted by atomic mass is 35.5. The standard InChI is InChI=1S/C19H21Cl2N3O2/c1-19(2,3)13-6-4-5-7-15(13)24-18(26)22-11-17(25)23-16-10-12(20)8-9-14(16)21/h4-10H,11H2,1-3H3,(H,23,25)(H2,22,24,26). The largest absolute Gasteiger partial charge is 0.329 e. The summed E-state index contributed by atoms with van der Waals surface area (Å²) in [5, 5.41) is 8.73. The number of carbonyl (C=O) groups excluding carboxylic acids is 2. The van der Waals surface area contributed by atoms with Crippen LogP contribution in [0.25, 0.3) is 0 Å². The van der Waals surface area contributed by atoms with Gasteiger partial charge in [0, 0.05) is 10.7 Å². The fraction of sp³-hybridized carbons (Fsp3) is 0.263. The summed E-state index contributed by atoms with van der Waals surface area (Å²) in [5.74, 6) is -0.409. The molecule has 0 saturated heterocycles. The highest BCUT2D eigenvalue weighted by molar-refractivity contribution is 6.35. The van der Waals surface area contributed by atoms with Gasteiger partial charge in [-0.3, -0.25) is 4.79 Å². The number of anilines is 2. The van der Waals surface area contributed by atoms with Crippen LogP contribution in [0.1, 0.15) is 26.3 Å². The van der Waals surface area contributed by atoms with Gasteiger partial charge >= 0.3 is 6.03 Å². The van der Waals surface area contributed by atoms with Crippen molar-refractivity contribution in [3.63, 3.8) is 0 Å². The molecule has 2 rings (SSSR count). The molecule has 0 spiro atoms. The Morgan fingerprint density at radius 2 is 1.65 bits per heavy atom. The lowest BCUT2D eigenvalue weighted by Crippen LogP contribution is -2.36. The summed E-state index contributed by atoms with van der Waals surface area (Å²) < 4.78 is 0. The average Bonchev–Trinajstić information content (AvgIpc) is 2.56. The van der Waals surface area contributed by atoms with Gasteiger partial charge in [0.1, 0.15) is 0 Å². The van der Waals surface area contributed by atoms with E-state index in [4.69, 9.17) is 23.2 Å². The van der Waals surface area contributed by atoms with Gasteiger partial charge in [0.2, 0.25) is 5.91 Å². The predicted octanol–water partition coefficient (Wildman–Crippen LogP) is 5.05. The van der Waals surface area contributed by atoms with E-state index in [9.17, 15) is 9.59 Å². The van der Waals surface area contributed by atoms with Crippen molar-refractivity contribution in [2.75, 3.05) is 17.2 Å². The van der Waals surface area contributed by atoms with Gasteiger partial charge in [-0.15, -0.1) is 0 Å². The minimum Gasteiger partial charge on any atom is -0.329 e. The van der Waals surface area contributed by atoms with Gasteiger partial charge in [0.05, 0.1) is 17.3 Å². The maximum atomic E-state index is 12.1. The lowest BCUT2D eigenvalue weighted by atomic mass is 9.86. The van der Waals surface area contributed by atoms with Crippen molar-refractivity contribution < 1.29 is 9.59 Å². The van der Waals surface area contributed by atoms with E-state index in [2.05, 4.69) is 36.7 Å². The van der Waals surface area contributed by atoms with Crippen LogP contribution in [0.2, 0.25) is 10.0 Å². The van der Waals surface area contributed by atoms with E-state index in [-0.39, 0.29) is 12.0 Å². The van der Waals surface area contributed by atoms with Gasteiger partial charge in [-0.05, 0) is 35.2 Å². The highest BCUT2D eigenvalue weighted by Crippen LogP contribution is 2.29. The first-order valence-electron chi connectivity index (χ1n) is 8.06. The number of nitrogens with one attached hydrogen (secondary N) is 3. The highest BCUT2D eigenvalue weighted by Gasteiger charge is 2.18. The summed E-state index contributed by atoms with van der Waals surface area (Å²) in [6.45, 7) is 5.99. The van der Waals surface area contributed by atoms with Crippen molar-refractivity contribution in [1.29, 1.82) is 0 Å². The molecule has 3 amide bonds. The summed E-state index contributed by atoms with van der Waals surface area (Å²) in [7, 11) is 0. The van der Waals surface area contributed by atoms with Crippen LogP contribution in [0.5, 0.6) is 0 Å². The lowest BCUT2D eigenvalue weighted by Gasteiger charge is -2.23.